The molecule has 122 valence electrons. The van der Waals surface area contributed by atoms with Crippen LogP contribution in [0.15, 0.2) is 4.99 Å². The summed E-state index contributed by atoms with van der Waals surface area (Å²) < 4.78 is 22.9. The predicted molar refractivity (Wildman–Crippen MR) is 87.4 cm³/mol. The minimum absolute atomic E-state index is 0.0136. The lowest BCUT2D eigenvalue weighted by Crippen LogP contribution is -2.44. The molecule has 0 aromatic heterocycles. The quantitative estimate of drug-likeness (QED) is 0.445. The highest BCUT2D eigenvalue weighted by Crippen LogP contribution is 2.28. The highest BCUT2D eigenvalue weighted by atomic mass is 32.2. The van der Waals surface area contributed by atoms with Gasteiger partial charge in [-0.05, 0) is 18.8 Å². The SMILES string of the molecule is CN=C(NCCCCC1CCCC1)NC1CCS(=O)(=O)C1. The van der Waals surface area contributed by atoms with Crippen LogP contribution in [0.4, 0.5) is 0 Å². The summed E-state index contributed by atoms with van der Waals surface area (Å²) in [5.41, 5.74) is 0. The highest BCUT2D eigenvalue weighted by Gasteiger charge is 2.28. The average Bonchev–Trinajstić information content (AvgIpc) is 3.06. The summed E-state index contributed by atoms with van der Waals surface area (Å²) in [4.78, 5) is 4.17. The lowest BCUT2D eigenvalue weighted by atomic mass is 10.0. The topological polar surface area (TPSA) is 70.6 Å². The van der Waals surface area contributed by atoms with Gasteiger partial charge in [0.15, 0.2) is 15.8 Å². The predicted octanol–water partition coefficient (Wildman–Crippen LogP) is 1.70. The van der Waals surface area contributed by atoms with Crippen LogP contribution in [0.5, 0.6) is 0 Å². The molecule has 0 aromatic rings. The van der Waals surface area contributed by atoms with Gasteiger partial charge in [0.05, 0.1) is 11.5 Å². The fourth-order valence-electron chi connectivity index (χ4n) is 3.36. The molecule has 1 heterocycles. The second-order valence-electron chi connectivity index (χ2n) is 6.39. The van der Waals surface area contributed by atoms with Crippen molar-refractivity contribution in [3.8, 4) is 0 Å². The Labute approximate surface area is 128 Å². The van der Waals surface area contributed by atoms with Crippen LogP contribution < -0.4 is 10.6 Å². The Kier molecular flexibility index (Phi) is 6.33. The molecule has 6 heteroatoms. The average molecular weight is 315 g/mol. The molecule has 1 aliphatic heterocycles. The normalized spacial score (nSPS) is 26.1. The van der Waals surface area contributed by atoms with Crippen molar-refractivity contribution in [2.45, 2.75) is 57.4 Å². The molecule has 0 aromatic carbocycles. The van der Waals surface area contributed by atoms with Crippen LogP contribution >= 0.6 is 0 Å². The molecule has 1 saturated heterocycles. The van der Waals surface area contributed by atoms with E-state index in [0.29, 0.717) is 12.2 Å². The molecular formula is C15H29N3O2S. The number of sulfone groups is 1. The van der Waals surface area contributed by atoms with E-state index in [0.717, 1.165) is 24.8 Å². The van der Waals surface area contributed by atoms with Crippen LogP contribution in [-0.2, 0) is 9.84 Å². The lowest BCUT2D eigenvalue weighted by Gasteiger charge is -2.16. The molecule has 2 aliphatic rings. The maximum atomic E-state index is 11.4. The standard InChI is InChI=1S/C15H29N3O2S/c1-16-15(18-14-9-11-21(19,20)12-14)17-10-5-4-8-13-6-2-3-7-13/h13-14H,2-12H2,1H3,(H2,16,17,18). The largest absolute Gasteiger partial charge is 0.356 e. The Hall–Kier alpha value is -0.780. The molecule has 2 rings (SSSR count). The number of nitrogens with one attached hydrogen (secondary N) is 2. The second-order valence-corrected chi connectivity index (χ2v) is 8.62. The molecule has 5 nitrogen and oxygen atoms in total. The molecular weight excluding hydrogens is 286 g/mol. The maximum Gasteiger partial charge on any atom is 0.191 e. The summed E-state index contributed by atoms with van der Waals surface area (Å²) in [6, 6.07) is 0.0136. The van der Waals surface area contributed by atoms with Crippen molar-refractivity contribution in [3.05, 3.63) is 0 Å². The van der Waals surface area contributed by atoms with Crippen molar-refractivity contribution in [1.82, 2.24) is 10.6 Å². The van der Waals surface area contributed by atoms with E-state index in [1.165, 1.54) is 38.5 Å². The number of hydrogen-bond acceptors (Lipinski definition) is 3. The number of hydrogen-bond donors (Lipinski definition) is 2. The summed E-state index contributed by atoms with van der Waals surface area (Å²) in [7, 11) is -1.10. The zero-order chi connectivity index (χ0) is 15.1. The monoisotopic (exact) mass is 315 g/mol. The molecule has 1 atom stereocenters. The van der Waals surface area contributed by atoms with E-state index in [1.54, 1.807) is 7.05 Å². The Morgan fingerprint density at radius 2 is 1.95 bits per heavy atom. The van der Waals surface area contributed by atoms with Crippen LogP contribution in [0.3, 0.4) is 0 Å². The minimum Gasteiger partial charge on any atom is -0.356 e. The van der Waals surface area contributed by atoms with E-state index in [2.05, 4.69) is 15.6 Å². The van der Waals surface area contributed by atoms with Gasteiger partial charge in [0.2, 0.25) is 0 Å². The number of aliphatic imine (C=N–C) groups is 1. The molecule has 1 unspecified atom stereocenters. The Balaban J connectivity index is 1.57. The second kappa shape index (κ2) is 8.01. The van der Waals surface area contributed by atoms with E-state index < -0.39 is 9.84 Å². The first kappa shape index (κ1) is 16.6. The molecule has 0 amide bonds. The molecule has 21 heavy (non-hydrogen) atoms. The molecule has 2 N–H and O–H groups in total. The minimum atomic E-state index is -2.83. The van der Waals surface area contributed by atoms with E-state index in [1.807, 2.05) is 0 Å². The van der Waals surface area contributed by atoms with Gasteiger partial charge in [-0.1, -0.05) is 38.5 Å². The molecule has 0 bridgehead atoms. The summed E-state index contributed by atoms with van der Waals surface area (Å²) in [5.74, 6) is 2.22. The lowest BCUT2D eigenvalue weighted by molar-refractivity contribution is 0.472. The molecule has 1 aliphatic carbocycles. The Morgan fingerprint density at radius 3 is 2.57 bits per heavy atom. The highest BCUT2D eigenvalue weighted by molar-refractivity contribution is 7.91. The van der Waals surface area contributed by atoms with Crippen molar-refractivity contribution >= 4 is 15.8 Å². The van der Waals surface area contributed by atoms with Crippen molar-refractivity contribution in [3.63, 3.8) is 0 Å². The van der Waals surface area contributed by atoms with Crippen LogP contribution in [0, 0.1) is 5.92 Å². The first-order chi connectivity index (χ1) is 10.1. The van der Waals surface area contributed by atoms with Gasteiger partial charge in [0.25, 0.3) is 0 Å². The number of rotatable bonds is 6. The van der Waals surface area contributed by atoms with Crippen molar-refractivity contribution in [2.24, 2.45) is 10.9 Å². The van der Waals surface area contributed by atoms with Gasteiger partial charge in [-0.3, -0.25) is 4.99 Å². The maximum absolute atomic E-state index is 11.4. The van der Waals surface area contributed by atoms with Crippen LogP contribution in [-0.4, -0.2) is 45.5 Å². The Bertz CT molecular complexity index is 442. The fraction of sp³-hybridized carbons (Fsp3) is 0.933. The molecule has 1 saturated carbocycles. The van der Waals surface area contributed by atoms with Gasteiger partial charge in [0.1, 0.15) is 0 Å². The van der Waals surface area contributed by atoms with Gasteiger partial charge in [0, 0.05) is 19.6 Å². The third-order valence-corrected chi connectivity index (χ3v) is 6.37. The van der Waals surface area contributed by atoms with Gasteiger partial charge in [-0.25, -0.2) is 8.42 Å². The van der Waals surface area contributed by atoms with Crippen LogP contribution in [0.25, 0.3) is 0 Å². The molecule has 0 radical (unpaired) electrons. The fourth-order valence-corrected chi connectivity index (χ4v) is 5.03. The summed E-state index contributed by atoms with van der Waals surface area (Å²) in [6.45, 7) is 0.909. The van der Waals surface area contributed by atoms with Crippen LogP contribution in [0.2, 0.25) is 0 Å². The van der Waals surface area contributed by atoms with Gasteiger partial charge in [-0.15, -0.1) is 0 Å². The Morgan fingerprint density at radius 1 is 1.19 bits per heavy atom. The smallest absolute Gasteiger partial charge is 0.191 e. The van der Waals surface area contributed by atoms with Gasteiger partial charge < -0.3 is 10.6 Å². The zero-order valence-corrected chi connectivity index (χ0v) is 13.9. The third-order valence-electron chi connectivity index (χ3n) is 4.60. The number of guanidine groups is 1. The van der Waals surface area contributed by atoms with Crippen molar-refractivity contribution in [2.75, 3.05) is 25.1 Å². The van der Waals surface area contributed by atoms with E-state index in [9.17, 15) is 8.42 Å². The van der Waals surface area contributed by atoms with Crippen LogP contribution in [0.1, 0.15) is 51.4 Å². The molecule has 2 fully saturated rings. The summed E-state index contributed by atoms with van der Waals surface area (Å²) >= 11 is 0. The summed E-state index contributed by atoms with van der Waals surface area (Å²) in [6.07, 6.45) is 10.2. The van der Waals surface area contributed by atoms with E-state index in [-0.39, 0.29) is 11.8 Å². The van der Waals surface area contributed by atoms with Gasteiger partial charge in [-0.2, -0.15) is 0 Å². The molecule has 0 spiro atoms. The van der Waals surface area contributed by atoms with E-state index >= 15 is 0 Å². The third kappa shape index (κ3) is 5.85. The number of unbranched alkanes of at least 4 members (excludes halogenated alkanes) is 1. The van der Waals surface area contributed by atoms with Crippen molar-refractivity contribution in [1.29, 1.82) is 0 Å². The van der Waals surface area contributed by atoms with Gasteiger partial charge >= 0.3 is 0 Å². The first-order valence-corrected chi connectivity index (χ1v) is 10.1. The zero-order valence-electron chi connectivity index (χ0n) is 13.1. The van der Waals surface area contributed by atoms with Crippen molar-refractivity contribution < 1.29 is 8.42 Å². The first-order valence-electron chi connectivity index (χ1n) is 8.26. The van der Waals surface area contributed by atoms with E-state index in [4.69, 9.17) is 0 Å². The summed E-state index contributed by atoms with van der Waals surface area (Å²) in [5, 5.41) is 6.51. The number of nitrogens with zero attached hydrogens (tertiary/aromatic N) is 1.